The second kappa shape index (κ2) is 2.06. The number of hydrogen-bond acceptors (Lipinski definition) is 2. The molecule has 0 amide bonds. The standard InChI is InChI=1S/C7H5ClN2/c8-7-5-1-3-9-6(5)2-4-10-7/h1-4,7H/t7-/m1/s1. The van der Waals surface area contributed by atoms with Gasteiger partial charge in [-0.25, -0.2) is 0 Å². The van der Waals surface area contributed by atoms with Crippen LogP contribution in [0.2, 0.25) is 0 Å². The van der Waals surface area contributed by atoms with Crippen molar-refractivity contribution >= 4 is 24.0 Å². The molecule has 2 nitrogen and oxygen atoms in total. The van der Waals surface area contributed by atoms with Crippen LogP contribution < -0.4 is 0 Å². The minimum absolute atomic E-state index is 0.234. The normalized spacial score (nSPS) is 27.9. The smallest absolute Gasteiger partial charge is 0.150 e. The summed E-state index contributed by atoms with van der Waals surface area (Å²) < 4.78 is 0. The molecule has 0 unspecified atom stereocenters. The molecule has 0 fully saturated rings. The van der Waals surface area contributed by atoms with Crippen molar-refractivity contribution in [3.63, 3.8) is 0 Å². The molecule has 0 aromatic rings. The average molecular weight is 153 g/mol. The van der Waals surface area contributed by atoms with Gasteiger partial charge in [-0.05, 0) is 12.2 Å². The summed E-state index contributed by atoms with van der Waals surface area (Å²) >= 11 is 5.83. The molecule has 0 aromatic heterocycles. The van der Waals surface area contributed by atoms with Gasteiger partial charge in [0.25, 0.3) is 0 Å². The van der Waals surface area contributed by atoms with E-state index in [0.717, 1.165) is 11.3 Å². The third kappa shape index (κ3) is 0.727. The summed E-state index contributed by atoms with van der Waals surface area (Å²) in [5, 5.41) is 0. The minimum atomic E-state index is -0.234. The summed E-state index contributed by atoms with van der Waals surface area (Å²) in [6, 6.07) is 0. The van der Waals surface area contributed by atoms with E-state index in [2.05, 4.69) is 9.98 Å². The molecule has 2 heterocycles. The van der Waals surface area contributed by atoms with E-state index in [1.54, 1.807) is 12.4 Å². The van der Waals surface area contributed by atoms with Crippen molar-refractivity contribution in [3.05, 3.63) is 23.4 Å². The average Bonchev–Trinajstić information content (AvgIpc) is 2.36. The van der Waals surface area contributed by atoms with Gasteiger partial charge in [-0.15, -0.1) is 0 Å². The van der Waals surface area contributed by atoms with Gasteiger partial charge in [-0.3, -0.25) is 9.98 Å². The van der Waals surface area contributed by atoms with E-state index in [-0.39, 0.29) is 5.50 Å². The number of fused-ring (bicyclic) bond motifs is 1. The summed E-state index contributed by atoms with van der Waals surface area (Å²) in [6.07, 6.45) is 7.17. The molecule has 2 rings (SSSR count). The van der Waals surface area contributed by atoms with Crippen LogP contribution in [0.5, 0.6) is 0 Å². The van der Waals surface area contributed by atoms with Gasteiger partial charge in [0, 0.05) is 18.0 Å². The number of allylic oxidation sites excluding steroid dienone is 2. The van der Waals surface area contributed by atoms with E-state index in [0.29, 0.717) is 0 Å². The summed E-state index contributed by atoms with van der Waals surface area (Å²) in [4.78, 5) is 8.06. The van der Waals surface area contributed by atoms with Crippen LogP contribution >= 0.6 is 11.6 Å². The van der Waals surface area contributed by atoms with E-state index < -0.39 is 0 Å². The Bertz CT molecular complexity index is 273. The highest BCUT2D eigenvalue weighted by Crippen LogP contribution is 2.25. The Balaban J connectivity index is 2.45. The number of aliphatic imine (C=N–C) groups is 2. The Morgan fingerprint density at radius 2 is 2.20 bits per heavy atom. The third-order valence-electron chi connectivity index (χ3n) is 1.47. The van der Waals surface area contributed by atoms with Gasteiger partial charge >= 0.3 is 0 Å². The van der Waals surface area contributed by atoms with Crippen molar-refractivity contribution < 1.29 is 0 Å². The molecule has 10 heavy (non-hydrogen) atoms. The monoisotopic (exact) mass is 152 g/mol. The van der Waals surface area contributed by atoms with Gasteiger partial charge in [-0.1, -0.05) is 11.6 Å². The minimum Gasteiger partial charge on any atom is -0.269 e. The fraction of sp³-hybridized carbons (Fsp3) is 0.143. The van der Waals surface area contributed by atoms with Crippen LogP contribution in [0.3, 0.4) is 0 Å². The van der Waals surface area contributed by atoms with E-state index in [4.69, 9.17) is 11.6 Å². The Morgan fingerprint density at radius 3 is 3.00 bits per heavy atom. The molecule has 2 aliphatic heterocycles. The summed E-state index contributed by atoms with van der Waals surface area (Å²) in [5.41, 5.74) is 1.71. The van der Waals surface area contributed by atoms with Gasteiger partial charge in [-0.2, -0.15) is 0 Å². The molecular formula is C7H5ClN2. The SMILES string of the molecule is Cl[C@@H]1N=CC=C2N=CC=C21. The van der Waals surface area contributed by atoms with Gasteiger partial charge in [0.15, 0.2) is 5.50 Å². The van der Waals surface area contributed by atoms with Crippen LogP contribution in [0, 0.1) is 0 Å². The number of alkyl halides is 1. The lowest BCUT2D eigenvalue weighted by Crippen LogP contribution is -2.03. The molecule has 1 atom stereocenters. The van der Waals surface area contributed by atoms with Crippen LogP contribution in [0.15, 0.2) is 33.4 Å². The number of hydrogen-bond donors (Lipinski definition) is 0. The molecule has 0 saturated carbocycles. The highest BCUT2D eigenvalue weighted by atomic mass is 35.5. The molecule has 50 valence electrons. The van der Waals surface area contributed by atoms with Crippen molar-refractivity contribution in [3.8, 4) is 0 Å². The van der Waals surface area contributed by atoms with Crippen molar-refractivity contribution in [2.24, 2.45) is 9.98 Å². The largest absolute Gasteiger partial charge is 0.269 e. The van der Waals surface area contributed by atoms with Crippen LogP contribution in [-0.4, -0.2) is 17.9 Å². The fourth-order valence-corrected chi connectivity index (χ4v) is 1.22. The first kappa shape index (κ1) is 5.86. The topological polar surface area (TPSA) is 24.7 Å². The van der Waals surface area contributed by atoms with E-state index in [1.165, 1.54) is 0 Å². The van der Waals surface area contributed by atoms with E-state index in [9.17, 15) is 0 Å². The van der Waals surface area contributed by atoms with E-state index in [1.807, 2.05) is 12.2 Å². The second-order valence-electron chi connectivity index (χ2n) is 2.09. The highest BCUT2D eigenvalue weighted by molar-refractivity contribution is 6.24. The lowest BCUT2D eigenvalue weighted by molar-refractivity contribution is 1.05. The Hall–Kier alpha value is -0.890. The summed E-state index contributed by atoms with van der Waals surface area (Å²) in [6.45, 7) is 0. The Labute approximate surface area is 63.6 Å². The molecule has 0 spiro atoms. The predicted octanol–water partition coefficient (Wildman–Crippen LogP) is 1.53. The summed E-state index contributed by atoms with van der Waals surface area (Å²) in [7, 11) is 0. The zero-order valence-corrected chi connectivity index (χ0v) is 5.92. The maximum absolute atomic E-state index is 5.83. The van der Waals surface area contributed by atoms with Crippen molar-refractivity contribution in [2.75, 3.05) is 0 Å². The quantitative estimate of drug-likeness (QED) is 0.372. The molecule has 0 bridgehead atoms. The maximum atomic E-state index is 5.83. The number of nitrogens with zero attached hydrogens (tertiary/aromatic N) is 2. The highest BCUT2D eigenvalue weighted by Gasteiger charge is 2.17. The van der Waals surface area contributed by atoms with Crippen molar-refractivity contribution in [2.45, 2.75) is 5.50 Å². The zero-order chi connectivity index (χ0) is 6.97. The predicted molar refractivity (Wildman–Crippen MR) is 42.8 cm³/mol. The third-order valence-corrected chi connectivity index (χ3v) is 1.82. The van der Waals surface area contributed by atoms with Crippen LogP contribution in [0.25, 0.3) is 0 Å². The lowest BCUT2D eigenvalue weighted by atomic mass is 10.2. The van der Waals surface area contributed by atoms with Gasteiger partial charge in [0.2, 0.25) is 0 Å². The molecule has 0 N–H and O–H groups in total. The fourth-order valence-electron chi connectivity index (χ4n) is 0.968. The molecule has 0 aromatic carbocycles. The first-order valence-electron chi connectivity index (χ1n) is 3.00. The Morgan fingerprint density at radius 1 is 1.30 bits per heavy atom. The number of dihydropyridines is 1. The molecular weight excluding hydrogens is 148 g/mol. The van der Waals surface area contributed by atoms with Crippen molar-refractivity contribution in [1.82, 2.24) is 0 Å². The molecule has 3 heteroatoms. The van der Waals surface area contributed by atoms with E-state index >= 15 is 0 Å². The first-order chi connectivity index (χ1) is 4.88. The molecule has 2 aliphatic rings. The molecule has 0 radical (unpaired) electrons. The second-order valence-corrected chi connectivity index (χ2v) is 2.50. The lowest BCUT2D eigenvalue weighted by Gasteiger charge is -2.09. The van der Waals surface area contributed by atoms with Crippen molar-refractivity contribution in [1.29, 1.82) is 0 Å². The van der Waals surface area contributed by atoms with Gasteiger partial charge in [0.1, 0.15) is 0 Å². The summed E-state index contributed by atoms with van der Waals surface area (Å²) in [5.74, 6) is 0. The number of rotatable bonds is 0. The van der Waals surface area contributed by atoms with Crippen LogP contribution in [0.1, 0.15) is 0 Å². The van der Waals surface area contributed by atoms with Gasteiger partial charge < -0.3 is 0 Å². The Kier molecular flexibility index (Phi) is 1.21. The number of halogens is 1. The van der Waals surface area contributed by atoms with Crippen LogP contribution in [0.4, 0.5) is 0 Å². The van der Waals surface area contributed by atoms with Crippen LogP contribution in [-0.2, 0) is 0 Å². The maximum Gasteiger partial charge on any atom is 0.150 e. The molecule has 0 saturated heterocycles. The molecule has 0 aliphatic carbocycles. The van der Waals surface area contributed by atoms with Gasteiger partial charge in [0.05, 0.1) is 5.70 Å². The zero-order valence-electron chi connectivity index (χ0n) is 5.16. The first-order valence-corrected chi connectivity index (χ1v) is 3.44.